The molecule has 17 heavy (non-hydrogen) atoms. The predicted octanol–water partition coefficient (Wildman–Crippen LogP) is 2.21. The average Bonchev–Trinajstić information content (AvgIpc) is 2.38. The van der Waals surface area contributed by atoms with Crippen molar-refractivity contribution in [3.8, 4) is 16.9 Å². The van der Waals surface area contributed by atoms with Crippen LogP contribution in [0.3, 0.4) is 0 Å². The molecule has 86 valence electrons. The van der Waals surface area contributed by atoms with Crippen molar-refractivity contribution in [2.24, 2.45) is 0 Å². The molecular formula is C13H11NO3. The van der Waals surface area contributed by atoms with Gasteiger partial charge in [0.1, 0.15) is 5.75 Å². The molecule has 0 amide bonds. The molecule has 0 fully saturated rings. The van der Waals surface area contributed by atoms with Gasteiger partial charge < -0.3 is 9.84 Å². The first kappa shape index (κ1) is 11.1. The number of rotatable bonds is 4. The summed E-state index contributed by atoms with van der Waals surface area (Å²) < 4.78 is 5.23. The number of carboxylic acids is 1. The summed E-state index contributed by atoms with van der Waals surface area (Å²) in [5.41, 5.74) is 1.80. The van der Waals surface area contributed by atoms with Gasteiger partial charge in [-0.25, -0.2) is 4.79 Å². The second kappa shape index (κ2) is 5.12. The summed E-state index contributed by atoms with van der Waals surface area (Å²) in [5.74, 6) is -0.435. The first-order valence-electron chi connectivity index (χ1n) is 5.11. The summed E-state index contributed by atoms with van der Waals surface area (Å²) in [6.45, 7) is -0.345. The number of carboxylic acid groups (broad SMARTS) is 1. The zero-order chi connectivity index (χ0) is 12.1. The topological polar surface area (TPSA) is 59.4 Å². The average molecular weight is 229 g/mol. The van der Waals surface area contributed by atoms with Crippen LogP contribution in [0, 0.1) is 0 Å². The van der Waals surface area contributed by atoms with Crippen molar-refractivity contribution < 1.29 is 14.6 Å². The molecule has 0 saturated heterocycles. The van der Waals surface area contributed by atoms with Crippen molar-refractivity contribution in [2.45, 2.75) is 0 Å². The fourth-order valence-electron chi connectivity index (χ4n) is 1.50. The number of aliphatic carboxylic acids is 1. The minimum atomic E-state index is -0.991. The molecule has 4 heteroatoms. The highest BCUT2D eigenvalue weighted by molar-refractivity contribution is 5.72. The number of ether oxygens (including phenoxy) is 1. The van der Waals surface area contributed by atoms with E-state index in [2.05, 4.69) is 4.98 Å². The Balaban J connectivity index is 2.31. The third kappa shape index (κ3) is 2.81. The molecule has 0 aliphatic carbocycles. The summed E-state index contributed by atoms with van der Waals surface area (Å²) in [4.78, 5) is 14.4. The first-order chi connectivity index (χ1) is 8.27. The highest BCUT2D eigenvalue weighted by Gasteiger charge is 2.06. The Morgan fingerprint density at radius 3 is 2.59 bits per heavy atom. The molecule has 0 bridgehead atoms. The lowest BCUT2D eigenvalue weighted by Crippen LogP contribution is -2.09. The number of hydrogen-bond donors (Lipinski definition) is 1. The summed E-state index contributed by atoms with van der Waals surface area (Å²) in [6.07, 6.45) is 3.37. The molecule has 2 aromatic rings. The van der Waals surface area contributed by atoms with Gasteiger partial charge in [0.2, 0.25) is 0 Å². The van der Waals surface area contributed by atoms with E-state index in [-0.39, 0.29) is 6.61 Å². The minimum absolute atomic E-state index is 0.345. The van der Waals surface area contributed by atoms with Gasteiger partial charge in [-0.05, 0) is 23.8 Å². The van der Waals surface area contributed by atoms with Crippen LogP contribution in [-0.2, 0) is 4.79 Å². The van der Waals surface area contributed by atoms with Gasteiger partial charge in [-0.2, -0.15) is 0 Å². The number of hydrogen-bond acceptors (Lipinski definition) is 3. The van der Waals surface area contributed by atoms with E-state index in [1.54, 1.807) is 18.5 Å². The summed E-state index contributed by atoms with van der Waals surface area (Å²) in [5, 5.41) is 8.60. The summed E-state index contributed by atoms with van der Waals surface area (Å²) in [6, 6.07) is 11.0. The SMILES string of the molecule is O=C(O)COc1ccccc1-c1ccncc1. The Labute approximate surface area is 98.5 Å². The fourth-order valence-corrected chi connectivity index (χ4v) is 1.50. The van der Waals surface area contributed by atoms with Gasteiger partial charge in [-0.3, -0.25) is 4.98 Å². The Morgan fingerprint density at radius 2 is 1.88 bits per heavy atom. The molecule has 1 heterocycles. The maximum absolute atomic E-state index is 10.5. The van der Waals surface area contributed by atoms with Gasteiger partial charge in [0.25, 0.3) is 0 Å². The zero-order valence-corrected chi connectivity index (χ0v) is 9.04. The van der Waals surface area contributed by atoms with Crippen molar-refractivity contribution in [3.05, 3.63) is 48.8 Å². The number of nitrogens with zero attached hydrogens (tertiary/aromatic N) is 1. The monoisotopic (exact) mass is 229 g/mol. The van der Waals surface area contributed by atoms with Crippen LogP contribution >= 0.6 is 0 Å². The lowest BCUT2D eigenvalue weighted by Gasteiger charge is -2.09. The third-order valence-corrected chi connectivity index (χ3v) is 2.23. The maximum Gasteiger partial charge on any atom is 0.341 e. The molecular weight excluding hydrogens is 218 g/mol. The smallest absolute Gasteiger partial charge is 0.341 e. The van der Waals surface area contributed by atoms with Gasteiger partial charge in [0, 0.05) is 18.0 Å². The molecule has 1 aromatic heterocycles. The Bertz CT molecular complexity index is 511. The van der Waals surface area contributed by atoms with Crippen molar-refractivity contribution in [1.29, 1.82) is 0 Å². The quantitative estimate of drug-likeness (QED) is 0.873. The van der Waals surface area contributed by atoms with Crippen LogP contribution in [0.4, 0.5) is 0 Å². The van der Waals surface area contributed by atoms with Crippen LogP contribution in [0.5, 0.6) is 5.75 Å². The van der Waals surface area contributed by atoms with Crippen molar-refractivity contribution in [2.75, 3.05) is 6.61 Å². The van der Waals surface area contributed by atoms with E-state index >= 15 is 0 Å². The lowest BCUT2D eigenvalue weighted by molar-refractivity contribution is -0.139. The molecule has 0 atom stereocenters. The molecule has 1 aromatic carbocycles. The van der Waals surface area contributed by atoms with E-state index in [4.69, 9.17) is 9.84 Å². The number of para-hydroxylation sites is 1. The van der Waals surface area contributed by atoms with Crippen molar-refractivity contribution in [1.82, 2.24) is 4.98 Å². The molecule has 0 radical (unpaired) electrons. The second-order valence-corrected chi connectivity index (χ2v) is 3.41. The van der Waals surface area contributed by atoms with Gasteiger partial charge in [-0.15, -0.1) is 0 Å². The first-order valence-corrected chi connectivity index (χ1v) is 5.11. The highest BCUT2D eigenvalue weighted by atomic mass is 16.5. The zero-order valence-electron chi connectivity index (χ0n) is 9.04. The number of aromatic nitrogens is 1. The second-order valence-electron chi connectivity index (χ2n) is 3.41. The van der Waals surface area contributed by atoms with Crippen LogP contribution in [0.15, 0.2) is 48.8 Å². The van der Waals surface area contributed by atoms with Crippen molar-refractivity contribution >= 4 is 5.97 Å². The fraction of sp³-hybridized carbons (Fsp3) is 0.0769. The number of benzene rings is 1. The van der Waals surface area contributed by atoms with E-state index in [1.807, 2.05) is 30.3 Å². The molecule has 0 aliphatic heterocycles. The minimum Gasteiger partial charge on any atom is -0.481 e. The van der Waals surface area contributed by atoms with Gasteiger partial charge >= 0.3 is 5.97 Å². The van der Waals surface area contributed by atoms with E-state index in [0.717, 1.165) is 11.1 Å². The van der Waals surface area contributed by atoms with Crippen LogP contribution in [0.1, 0.15) is 0 Å². The lowest BCUT2D eigenvalue weighted by atomic mass is 10.1. The molecule has 0 saturated carbocycles. The van der Waals surface area contributed by atoms with Gasteiger partial charge in [0.15, 0.2) is 6.61 Å². The molecule has 0 unspecified atom stereocenters. The van der Waals surface area contributed by atoms with E-state index in [1.165, 1.54) is 0 Å². The van der Waals surface area contributed by atoms with Crippen LogP contribution in [0.25, 0.3) is 11.1 Å². The Hall–Kier alpha value is -2.36. The molecule has 1 N–H and O–H groups in total. The summed E-state index contributed by atoms with van der Waals surface area (Å²) in [7, 11) is 0. The third-order valence-electron chi connectivity index (χ3n) is 2.23. The molecule has 0 spiro atoms. The van der Waals surface area contributed by atoms with Crippen LogP contribution in [0.2, 0.25) is 0 Å². The Morgan fingerprint density at radius 1 is 1.18 bits per heavy atom. The standard InChI is InChI=1S/C13H11NO3/c15-13(16)9-17-12-4-2-1-3-11(12)10-5-7-14-8-6-10/h1-8H,9H2,(H,15,16). The Kier molecular flexibility index (Phi) is 3.35. The molecule has 4 nitrogen and oxygen atoms in total. The largest absolute Gasteiger partial charge is 0.481 e. The highest BCUT2D eigenvalue weighted by Crippen LogP contribution is 2.28. The maximum atomic E-state index is 10.5. The summed E-state index contributed by atoms with van der Waals surface area (Å²) >= 11 is 0. The van der Waals surface area contributed by atoms with E-state index < -0.39 is 5.97 Å². The predicted molar refractivity (Wildman–Crippen MR) is 62.8 cm³/mol. The molecule has 2 rings (SSSR count). The van der Waals surface area contributed by atoms with E-state index in [9.17, 15) is 4.79 Å². The molecule has 0 aliphatic rings. The van der Waals surface area contributed by atoms with Gasteiger partial charge in [-0.1, -0.05) is 18.2 Å². The van der Waals surface area contributed by atoms with Crippen LogP contribution < -0.4 is 4.74 Å². The van der Waals surface area contributed by atoms with E-state index in [0.29, 0.717) is 5.75 Å². The van der Waals surface area contributed by atoms with Crippen LogP contribution in [-0.4, -0.2) is 22.7 Å². The van der Waals surface area contributed by atoms with Gasteiger partial charge in [0.05, 0.1) is 0 Å². The normalized spacial score (nSPS) is 9.88. The number of carbonyl (C=O) groups is 1. The van der Waals surface area contributed by atoms with Crippen molar-refractivity contribution in [3.63, 3.8) is 0 Å². The number of pyridine rings is 1.